The molecule has 1 fully saturated rings. The van der Waals surface area contributed by atoms with Crippen molar-refractivity contribution in [1.82, 2.24) is 9.80 Å². The number of likely N-dealkylation sites (tertiary alicyclic amines) is 1. The van der Waals surface area contributed by atoms with Crippen molar-refractivity contribution >= 4 is 17.5 Å². The number of hydrogen-bond donors (Lipinski definition) is 2. The van der Waals surface area contributed by atoms with Crippen molar-refractivity contribution in [2.24, 2.45) is 0 Å². The van der Waals surface area contributed by atoms with Crippen LogP contribution in [0.1, 0.15) is 23.1 Å². The van der Waals surface area contributed by atoms with Crippen molar-refractivity contribution in [2.75, 3.05) is 33.1 Å². The van der Waals surface area contributed by atoms with E-state index in [1.54, 1.807) is 21.2 Å². The Morgan fingerprint density at radius 2 is 1.97 bits per heavy atom. The SMILES string of the molecule is COc1ccccc1C1(N2C[C@H](O)C[C@H]2C(=O)N(C)C)C(=O)Nc2ccc(C)cc21. The van der Waals surface area contributed by atoms with Crippen LogP contribution in [0.5, 0.6) is 5.75 Å². The van der Waals surface area contributed by atoms with Crippen molar-refractivity contribution in [1.29, 1.82) is 0 Å². The average molecular weight is 409 g/mol. The van der Waals surface area contributed by atoms with Gasteiger partial charge in [0.25, 0.3) is 5.91 Å². The van der Waals surface area contributed by atoms with Crippen LogP contribution >= 0.6 is 0 Å². The van der Waals surface area contributed by atoms with Gasteiger partial charge in [0.15, 0.2) is 5.54 Å². The fourth-order valence-electron chi connectivity index (χ4n) is 4.77. The molecule has 3 atom stereocenters. The molecule has 2 aromatic rings. The molecule has 2 aliphatic heterocycles. The van der Waals surface area contributed by atoms with Crippen LogP contribution in [0.3, 0.4) is 0 Å². The second-order valence-corrected chi connectivity index (χ2v) is 8.20. The van der Waals surface area contributed by atoms with E-state index in [1.165, 1.54) is 4.90 Å². The number of rotatable bonds is 4. The number of likely N-dealkylation sites (N-methyl/N-ethyl adjacent to an activating group) is 1. The van der Waals surface area contributed by atoms with Crippen LogP contribution in [0.2, 0.25) is 0 Å². The van der Waals surface area contributed by atoms with Crippen molar-refractivity contribution in [3.05, 3.63) is 59.2 Å². The van der Waals surface area contributed by atoms with Crippen LogP contribution in [0.4, 0.5) is 5.69 Å². The molecule has 0 aliphatic carbocycles. The van der Waals surface area contributed by atoms with Gasteiger partial charge in [-0.05, 0) is 25.5 Å². The van der Waals surface area contributed by atoms with E-state index in [2.05, 4.69) is 5.32 Å². The first kappa shape index (κ1) is 20.4. The maximum Gasteiger partial charge on any atom is 0.254 e. The van der Waals surface area contributed by atoms with Crippen LogP contribution in [0.25, 0.3) is 0 Å². The summed E-state index contributed by atoms with van der Waals surface area (Å²) in [7, 11) is 4.94. The van der Waals surface area contributed by atoms with E-state index in [0.717, 1.165) is 11.1 Å². The number of aliphatic hydroxyl groups is 1. The van der Waals surface area contributed by atoms with Gasteiger partial charge in [-0.25, -0.2) is 0 Å². The Morgan fingerprint density at radius 3 is 2.67 bits per heavy atom. The van der Waals surface area contributed by atoms with E-state index in [-0.39, 0.29) is 24.8 Å². The molecule has 0 saturated carbocycles. The first-order valence-corrected chi connectivity index (χ1v) is 10.0. The van der Waals surface area contributed by atoms with E-state index in [4.69, 9.17) is 4.74 Å². The monoisotopic (exact) mass is 409 g/mol. The second-order valence-electron chi connectivity index (χ2n) is 8.20. The minimum absolute atomic E-state index is 0.144. The quantitative estimate of drug-likeness (QED) is 0.804. The molecule has 2 heterocycles. The summed E-state index contributed by atoms with van der Waals surface area (Å²) in [5, 5.41) is 13.6. The van der Waals surface area contributed by atoms with Crippen LogP contribution in [0, 0.1) is 6.92 Å². The first-order chi connectivity index (χ1) is 14.3. The molecule has 4 rings (SSSR count). The van der Waals surface area contributed by atoms with Gasteiger partial charge in [-0.15, -0.1) is 0 Å². The lowest BCUT2D eigenvalue weighted by Gasteiger charge is -2.41. The highest BCUT2D eigenvalue weighted by molar-refractivity contribution is 6.09. The Hall–Kier alpha value is -2.90. The molecule has 2 aliphatic rings. The minimum atomic E-state index is -1.29. The minimum Gasteiger partial charge on any atom is -0.496 e. The number of ether oxygens (including phenoxy) is 1. The maximum absolute atomic E-state index is 13.7. The molecule has 158 valence electrons. The number of aryl methyl sites for hydroxylation is 1. The van der Waals surface area contributed by atoms with Crippen molar-refractivity contribution in [3.63, 3.8) is 0 Å². The summed E-state index contributed by atoms with van der Waals surface area (Å²) in [6.07, 6.45) is -0.449. The van der Waals surface area contributed by atoms with Gasteiger partial charge >= 0.3 is 0 Å². The van der Waals surface area contributed by atoms with E-state index in [1.807, 2.05) is 54.3 Å². The van der Waals surface area contributed by atoms with Gasteiger partial charge in [0.05, 0.1) is 19.3 Å². The first-order valence-electron chi connectivity index (χ1n) is 10.0. The predicted octanol–water partition coefficient (Wildman–Crippen LogP) is 1.72. The van der Waals surface area contributed by atoms with Gasteiger partial charge in [-0.3, -0.25) is 14.5 Å². The molecule has 2 N–H and O–H groups in total. The second kappa shape index (κ2) is 7.41. The number of benzene rings is 2. The molecule has 2 amide bonds. The smallest absolute Gasteiger partial charge is 0.254 e. The van der Waals surface area contributed by atoms with E-state index < -0.39 is 17.7 Å². The van der Waals surface area contributed by atoms with Gasteiger partial charge < -0.3 is 20.1 Å². The van der Waals surface area contributed by atoms with Crippen LogP contribution in [0.15, 0.2) is 42.5 Å². The Bertz CT molecular complexity index is 1010. The molecule has 7 heteroatoms. The molecule has 2 aromatic carbocycles. The predicted molar refractivity (Wildman–Crippen MR) is 113 cm³/mol. The van der Waals surface area contributed by atoms with E-state index in [0.29, 0.717) is 17.0 Å². The number of methoxy groups -OCH3 is 1. The highest BCUT2D eigenvalue weighted by Gasteiger charge is 2.59. The molecule has 0 bridgehead atoms. The number of anilines is 1. The van der Waals surface area contributed by atoms with Crippen LogP contribution in [-0.2, 0) is 15.1 Å². The lowest BCUT2D eigenvalue weighted by Crippen LogP contribution is -2.57. The van der Waals surface area contributed by atoms with Gasteiger partial charge in [-0.2, -0.15) is 0 Å². The standard InChI is InChI=1S/C23H27N3O4/c1-14-9-10-18-17(11-14)23(22(29)24-18,16-7-5-6-8-20(16)30-4)26-13-15(27)12-19(26)21(28)25(2)3/h5-11,15,19,27H,12-13H2,1-4H3,(H,24,29)/t15-,19+,23?/m1/s1. The normalized spacial score (nSPS) is 25.7. The van der Waals surface area contributed by atoms with Crippen molar-refractivity contribution < 1.29 is 19.4 Å². The molecule has 0 radical (unpaired) electrons. The summed E-state index contributed by atoms with van der Waals surface area (Å²) in [5.41, 5.74) is 1.83. The number of carbonyl (C=O) groups is 2. The van der Waals surface area contributed by atoms with Gasteiger partial charge in [0.1, 0.15) is 5.75 Å². The van der Waals surface area contributed by atoms with E-state index in [9.17, 15) is 14.7 Å². The molecular weight excluding hydrogens is 382 g/mol. The number of aliphatic hydroxyl groups excluding tert-OH is 1. The summed E-state index contributed by atoms with van der Waals surface area (Å²) in [6, 6.07) is 12.5. The Kier molecular flexibility index (Phi) is 5.03. The molecule has 0 aromatic heterocycles. The third-order valence-electron chi connectivity index (χ3n) is 6.07. The molecule has 1 saturated heterocycles. The zero-order valence-corrected chi connectivity index (χ0v) is 17.7. The third-order valence-corrected chi connectivity index (χ3v) is 6.07. The fourth-order valence-corrected chi connectivity index (χ4v) is 4.77. The number of nitrogens with zero attached hydrogens (tertiary/aromatic N) is 2. The average Bonchev–Trinajstić information content (AvgIpc) is 3.24. The van der Waals surface area contributed by atoms with Crippen LogP contribution < -0.4 is 10.1 Å². The Morgan fingerprint density at radius 1 is 1.23 bits per heavy atom. The fraction of sp³-hybridized carbons (Fsp3) is 0.391. The van der Waals surface area contributed by atoms with Gasteiger partial charge in [0, 0.05) is 37.5 Å². The number of para-hydroxylation sites is 1. The number of carbonyl (C=O) groups excluding carboxylic acids is 2. The van der Waals surface area contributed by atoms with Crippen molar-refractivity contribution in [3.8, 4) is 5.75 Å². The van der Waals surface area contributed by atoms with E-state index >= 15 is 0 Å². The lowest BCUT2D eigenvalue weighted by atomic mass is 9.80. The number of fused-ring (bicyclic) bond motifs is 1. The summed E-state index contributed by atoms with van der Waals surface area (Å²) in [6.45, 7) is 2.17. The molecule has 7 nitrogen and oxygen atoms in total. The van der Waals surface area contributed by atoms with Gasteiger partial charge in [-0.1, -0.05) is 35.9 Å². The summed E-state index contributed by atoms with van der Waals surface area (Å²) < 4.78 is 5.64. The number of β-amino-alcohol motifs (C(OH)–C–C–N with tert-alkyl or cyclic N) is 1. The topological polar surface area (TPSA) is 82.1 Å². The summed E-state index contributed by atoms with van der Waals surface area (Å²) >= 11 is 0. The number of hydrogen-bond acceptors (Lipinski definition) is 5. The van der Waals surface area contributed by atoms with Crippen LogP contribution in [-0.4, -0.2) is 66.6 Å². The van der Waals surface area contributed by atoms with Gasteiger partial charge in [0.2, 0.25) is 5.91 Å². The molecule has 30 heavy (non-hydrogen) atoms. The van der Waals surface area contributed by atoms with Crippen molar-refractivity contribution in [2.45, 2.75) is 31.0 Å². The maximum atomic E-state index is 13.7. The highest BCUT2D eigenvalue weighted by Crippen LogP contribution is 2.51. The highest BCUT2D eigenvalue weighted by atomic mass is 16.5. The Labute approximate surface area is 176 Å². The molecule has 1 unspecified atom stereocenters. The molecular formula is C23H27N3O4. The largest absolute Gasteiger partial charge is 0.496 e. The zero-order valence-electron chi connectivity index (χ0n) is 17.7. The summed E-state index contributed by atoms with van der Waals surface area (Å²) in [4.78, 5) is 30.2. The third kappa shape index (κ3) is 2.88. The molecule has 0 spiro atoms. The summed E-state index contributed by atoms with van der Waals surface area (Å²) in [5.74, 6) is 0.160. The lowest BCUT2D eigenvalue weighted by molar-refractivity contribution is -0.138. The number of nitrogens with one attached hydrogen (secondary N) is 1. The Balaban J connectivity index is 2.03. The zero-order chi connectivity index (χ0) is 21.6. The number of amides is 2.